The molecule has 2 aliphatic heterocycles. The fourth-order valence-electron chi connectivity index (χ4n) is 7.74. The lowest BCUT2D eigenvalue weighted by molar-refractivity contribution is 0.0982. The third-order valence-electron chi connectivity index (χ3n) is 10.5. The van der Waals surface area contributed by atoms with Crippen LogP contribution in [-0.4, -0.2) is 101 Å². The Morgan fingerprint density at radius 2 is 1.65 bits per heavy atom. The highest BCUT2D eigenvalue weighted by Gasteiger charge is 2.30. The van der Waals surface area contributed by atoms with Crippen LogP contribution in [0.2, 0.25) is 0 Å². The van der Waals surface area contributed by atoms with Crippen molar-refractivity contribution in [1.82, 2.24) is 24.3 Å². The lowest BCUT2D eigenvalue weighted by Gasteiger charge is -2.42. The molecule has 1 aliphatic carbocycles. The highest BCUT2D eigenvalue weighted by molar-refractivity contribution is 6.05. The molecule has 0 unspecified atom stereocenters. The molecule has 4 heterocycles. The molecule has 0 radical (unpaired) electrons. The maximum atomic E-state index is 16.1. The zero-order valence-corrected chi connectivity index (χ0v) is 28.2. The van der Waals surface area contributed by atoms with Gasteiger partial charge in [0.25, 0.3) is 5.91 Å². The number of carbonyl (C=O) groups is 1. The normalized spacial score (nSPS) is 21.5. The molecule has 1 amide bonds. The number of rotatable bonds is 7. The second-order valence-corrected chi connectivity index (χ2v) is 13.6. The van der Waals surface area contributed by atoms with Crippen LogP contribution in [-0.2, 0) is 0 Å². The second-order valence-electron chi connectivity index (χ2n) is 13.6. The lowest BCUT2D eigenvalue weighted by Crippen LogP contribution is -2.52. The van der Waals surface area contributed by atoms with Crippen LogP contribution in [0.15, 0.2) is 48.5 Å². The molecule has 1 saturated carbocycles. The van der Waals surface area contributed by atoms with Crippen LogP contribution < -0.4 is 15.0 Å². The molecule has 4 aromatic rings. The number of imidazole rings is 1. The van der Waals surface area contributed by atoms with Gasteiger partial charge in [-0.25, -0.2) is 14.4 Å². The van der Waals surface area contributed by atoms with Crippen molar-refractivity contribution < 1.29 is 19.0 Å². The van der Waals surface area contributed by atoms with E-state index in [0.717, 1.165) is 81.7 Å². The number of piperazine rings is 1. The maximum absolute atomic E-state index is 16.1. The summed E-state index contributed by atoms with van der Waals surface area (Å²) in [6.07, 6.45) is 4.83. The molecule has 7 rings (SSSR count). The molecule has 0 atom stereocenters. The standard InChI is InChI=1S/C37H46FN7O3/c1-24-22-30(34(38)35(39-24)29-6-4-5-7-33(29)48-3)36(47)41-37-40-31-23-27(10-13-32(31)45(37)26-8-11-28(46)12-9-26)43-16-14-25(15-17-43)44-20-18-42(2)19-21-44/h4-7,10,13,22-23,25-26,28,46H,8-9,11-12,14-21H2,1-3H3,(H,40,41,47). The number of carbonyl (C=O) groups excluding carboxylic acids is 1. The Kier molecular flexibility index (Phi) is 9.35. The molecule has 3 fully saturated rings. The minimum Gasteiger partial charge on any atom is -0.496 e. The number of pyridine rings is 1. The van der Waals surface area contributed by atoms with Crippen molar-refractivity contribution in [2.45, 2.75) is 63.6 Å². The second kappa shape index (κ2) is 13.8. The fourth-order valence-corrected chi connectivity index (χ4v) is 7.74. The number of piperidine rings is 1. The number of aromatic nitrogens is 3. The Morgan fingerprint density at radius 3 is 2.38 bits per heavy atom. The number of aliphatic hydroxyl groups is 1. The number of fused-ring (bicyclic) bond motifs is 1. The zero-order valence-electron chi connectivity index (χ0n) is 28.2. The van der Waals surface area contributed by atoms with Gasteiger partial charge in [-0.2, -0.15) is 0 Å². The minimum atomic E-state index is -0.715. The molecule has 254 valence electrons. The molecule has 11 heteroatoms. The third-order valence-corrected chi connectivity index (χ3v) is 10.5. The molecular weight excluding hydrogens is 609 g/mol. The third kappa shape index (κ3) is 6.51. The summed E-state index contributed by atoms with van der Waals surface area (Å²) in [4.78, 5) is 30.8. The van der Waals surface area contributed by atoms with E-state index in [0.29, 0.717) is 41.8 Å². The van der Waals surface area contributed by atoms with Crippen molar-refractivity contribution in [3.63, 3.8) is 0 Å². The van der Waals surface area contributed by atoms with Gasteiger partial charge in [-0.1, -0.05) is 12.1 Å². The molecule has 0 bridgehead atoms. The van der Waals surface area contributed by atoms with Gasteiger partial charge in [0.05, 0.1) is 29.8 Å². The van der Waals surface area contributed by atoms with E-state index in [-0.39, 0.29) is 23.4 Å². The molecule has 48 heavy (non-hydrogen) atoms. The summed E-state index contributed by atoms with van der Waals surface area (Å²) in [5, 5.41) is 13.2. The number of benzene rings is 2. The Hall–Kier alpha value is -4.06. The molecule has 2 N–H and O–H groups in total. The maximum Gasteiger partial charge on any atom is 0.261 e. The van der Waals surface area contributed by atoms with Crippen LogP contribution in [0.4, 0.5) is 16.0 Å². The Morgan fingerprint density at radius 1 is 0.917 bits per heavy atom. The summed E-state index contributed by atoms with van der Waals surface area (Å²) in [5.74, 6) is -0.447. The summed E-state index contributed by atoms with van der Waals surface area (Å²) in [6.45, 7) is 8.27. The Bertz CT molecular complexity index is 1770. The summed E-state index contributed by atoms with van der Waals surface area (Å²) in [7, 11) is 3.72. The van der Waals surface area contributed by atoms with Crippen LogP contribution in [0.3, 0.4) is 0 Å². The van der Waals surface area contributed by atoms with Crippen molar-refractivity contribution in [2.24, 2.45) is 0 Å². The van der Waals surface area contributed by atoms with E-state index in [1.807, 2.05) is 0 Å². The van der Waals surface area contributed by atoms with Gasteiger partial charge in [-0.15, -0.1) is 0 Å². The number of nitrogens with zero attached hydrogens (tertiary/aromatic N) is 6. The van der Waals surface area contributed by atoms with Crippen LogP contribution >= 0.6 is 0 Å². The molecule has 10 nitrogen and oxygen atoms in total. The number of nitrogens with one attached hydrogen (secondary N) is 1. The highest BCUT2D eigenvalue weighted by atomic mass is 19.1. The first kappa shape index (κ1) is 32.5. The summed E-state index contributed by atoms with van der Waals surface area (Å²) in [5.41, 5.74) is 3.78. The number of likely N-dealkylation sites (N-methyl/N-ethyl adjacent to an activating group) is 1. The van der Waals surface area contributed by atoms with E-state index in [1.54, 1.807) is 31.2 Å². The average molecular weight is 656 g/mol. The average Bonchev–Trinajstić information content (AvgIpc) is 3.46. The minimum absolute atomic E-state index is 0.0482. The summed E-state index contributed by atoms with van der Waals surface area (Å²) < 4.78 is 23.6. The summed E-state index contributed by atoms with van der Waals surface area (Å²) in [6, 6.07) is 15.6. The van der Waals surface area contributed by atoms with Gasteiger partial charge in [0.1, 0.15) is 11.4 Å². The predicted molar refractivity (Wildman–Crippen MR) is 186 cm³/mol. The van der Waals surface area contributed by atoms with Crippen molar-refractivity contribution in [3.8, 4) is 17.0 Å². The van der Waals surface area contributed by atoms with Gasteiger partial charge < -0.3 is 24.2 Å². The zero-order chi connectivity index (χ0) is 33.4. The quantitative estimate of drug-likeness (QED) is 0.270. The van der Waals surface area contributed by atoms with Crippen molar-refractivity contribution in [2.75, 3.05) is 63.6 Å². The van der Waals surface area contributed by atoms with Crippen LogP contribution in [0, 0.1) is 12.7 Å². The lowest BCUT2D eigenvalue weighted by atomic mass is 9.93. The number of anilines is 2. The van der Waals surface area contributed by atoms with Crippen molar-refractivity contribution in [3.05, 3.63) is 65.6 Å². The van der Waals surface area contributed by atoms with Gasteiger partial charge in [-0.05, 0) is 88.9 Å². The van der Waals surface area contributed by atoms with E-state index < -0.39 is 11.7 Å². The number of methoxy groups -OCH3 is 1. The van der Waals surface area contributed by atoms with Crippen molar-refractivity contribution >= 4 is 28.6 Å². The number of aryl methyl sites for hydroxylation is 1. The van der Waals surface area contributed by atoms with Gasteiger partial charge >= 0.3 is 0 Å². The largest absolute Gasteiger partial charge is 0.496 e. The number of hydrogen-bond acceptors (Lipinski definition) is 8. The Labute approximate surface area is 281 Å². The van der Waals surface area contributed by atoms with Crippen LogP contribution in [0.25, 0.3) is 22.3 Å². The van der Waals surface area contributed by atoms with Crippen molar-refractivity contribution in [1.29, 1.82) is 0 Å². The van der Waals surface area contributed by atoms with Gasteiger partial charge in [0, 0.05) is 68.3 Å². The SMILES string of the molecule is COc1ccccc1-c1nc(C)cc(C(=O)Nc2nc3cc(N4CCC(N5CCN(C)CC5)CC4)ccc3n2C2CCC(O)CC2)c1F. The monoisotopic (exact) mass is 655 g/mol. The van der Waals surface area contributed by atoms with Crippen LogP contribution in [0.1, 0.15) is 60.6 Å². The number of halogens is 1. The van der Waals surface area contributed by atoms with Crippen LogP contribution in [0.5, 0.6) is 5.75 Å². The first-order chi connectivity index (χ1) is 23.3. The topological polar surface area (TPSA) is 99.0 Å². The molecular formula is C37H46FN7O3. The summed E-state index contributed by atoms with van der Waals surface area (Å²) >= 11 is 0. The van der Waals surface area contributed by atoms with E-state index in [4.69, 9.17) is 9.72 Å². The molecule has 0 spiro atoms. The van der Waals surface area contributed by atoms with E-state index >= 15 is 4.39 Å². The highest BCUT2D eigenvalue weighted by Crippen LogP contribution is 2.37. The molecule has 2 aromatic carbocycles. The number of amides is 1. The number of para-hydroxylation sites is 1. The number of aliphatic hydroxyl groups excluding tert-OH is 1. The molecule has 3 aliphatic rings. The number of hydrogen-bond donors (Lipinski definition) is 2. The van der Waals surface area contributed by atoms with E-state index in [2.05, 4.69) is 54.8 Å². The molecule has 2 aromatic heterocycles. The molecule has 2 saturated heterocycles. The van der Waals surface area contributed by atoms with Gasteiger partial charge in [0.15, 0.2) is 5.82 Å². The van der Waals surface area contributed by atoms with Gasteiger partial charge in [-0.3, -0.25) is 15.0 Å². The fraction of sp³-hybridized carbons (Fsp3) is 0.486. The smallest absolute Gasteiger partial charge is 0.261 e. The first-order valence-corrected chi connectivity index (χ1v) is 17.3. The van der Waals surface area contributed by atoms with Gasteiger partial charge in [0.2, 0.25) is 5.95 Å². The predicted octanol–water partition coefficient (Wildman–Crippen LogP) is 5.50. The number of ether oxygens (including phenoxy) is 1. The first-order valence-electron chi connectivity index (χ1n) is 17.3. The Balaban J connectivity index is 1.17. The van der Waals surface area contributed by atoms with E-state index in [1.165, 1.54) is 13.2 Å². The van der Waals surface area contributed by atoms with E-state index in [9.17, 15) is 9.90 Å².